The Kier molecular flexibility index (Phi) is 9.56. The van der Waals surface area contributed by atoms with Gasteiger partial charge >= 0.3 is 0 Å². The van der Waals surface area contributed by atoms with E-state index in [1.165, 1.54) is 38.5 Å². The fraction of sp³-hybridized carbons (Fsp3) is 0.889. The van der Waals surface area contributed by atoms with Crippen LogP contribution < -0.4 is 0 Å². The molecule has 1 heteroatoms. The highest BCUT2D eigenvalue weighted by Crippen LogP contribution is 2.06. The molecule has 0 amide bonds. The van der Waals surface area contributed by atoms with Gasteiger partial charge in [0.2, 0.25) is 0 Å². The molecular formula is C9H18Cl. The summed E-state index contributed by atoms with van der Waals surface area (Å²) in [7, 11) is 0. The maximum atomic E-state index is 5.49. The Labute approximate surface area is 70.0 Å². The van der Waals surface area contributed by atoms with E-state index in [1.54, 1.807) is 0 Å². The van der Waals surface area contributed by atoms with Crippen LogP contribution in [0.4, 0.5) is 0 Å². The van der Waals surface area contributed by atoms with Crippen molar-refractivity contribution in [1.82, 2.24) is 0 Å². The SMILES string of the molecule is CCCCCCC[CH]CCl. The van der Waals surface area contributed by atoms with Gasteiger partial charge in [-0.15, -0.1) is 11.6 Å². The summed E-state index contributed by atoms with van der Waals surface area (Å²) < 4.78 is 0. The van der Waals surface area contributed by atoms with Crippen LogP contribution in [0.2, 0.25) is 0 Å². The highest BCUT2D eigenvalue weighted by Gasteiger charge is 1.88. The molecule has 0 bridgehead atoms. The molecule has 0 saturated carbocycles. The van der Waals surface area contributed by atoms with Crippen LogP contribution in [0.25, 0.3) is 0 Å². The minimum atomic E-state index is 0.716. The summed E-state index contributed by atoms with van der Waals surface area (Å²) in [6.45, 7) is 2.24. The van der Waals surface area contributed by atoms with Crippen LogP contribution in [0.15, 0.2) is 0 Å². The molecular weight excluding hydrogens is 144 g/mol. The van der Waals surface area contributed by atoms with E-state index >= 15 is 0 Å². The molecule has 0 aromatic rings. The van der Waals surface area contributed by atoms with E-state index in [2.05, 4.69) is 13.3 Å². The topological polar surface area (TPSA) is 0 Å². The average Bonchev–Trinajstić information content (AvgIpc) is 1.97. The maximum absolute atomic E-state index is 5.49. The molecule has 0 rings (SSSR count). The molecule has 1 radical (unpaired) electrons. The molecule has 0 aromatic carbocycles. The fourth-order valence-electron chi connectivity index (χ4n) is 0.969. The highest BCUT2D eigenvalue weighted by atomic mass is 35.5. The Morgan fingerprint density at radius 2 is 1.80 bits per heavy atom. The summed E-state index contributed by atoms with van der Waals surface area (Å²) in [6.07, 6.45) is 10.2. The third kappa shape index (κ3) is 8.29. The van der Waals surface area contributed by atoms with Gasteiger partial charge in [-0.3, -0.25) is 0 Å². The van der Waals surface area contributed by atoms with Gasteiger partial charge in [-0.1, -0.05) is 39.0 Å². The minimum Gasteiger partial charge on any atom is -0.126 e. The number of alkyl halides is 1. The number of unbranched alkanes of at least 4 members (excludes halogenated alkanes) is 6. The third-order valence-electron chi connectivity index (χ3n) is 1.62. The lowest BCUT2D eigenvalue weighted by molar-refractivity contribution is 0.629. The number of halogens is 1. The van der Waals surface area contributed by atoms with E-state index in [0.29, 0.717) is 5.88 Å². The van der Waals surface area contributed by atoms with Crippen LogP contribution >= 0.6 is 11.6 Å². The Morgan fingerprint density at radius 1 is 1.10 bits per heavy atom. The quantitative estimate of drug-likeness (QED) is 0.394. The standard InChI is InChI=1S/C9H18Cl/c1-2-3-4-5-6-7-8-9-10/h8H,2-7,9H2,1H3. The van der Waals surface area contributed by atoms with Crippen molar-refractivity contribution in [2.75, 3.05) is 5.88 Å². The zero-order chi connectivity index (χ0) is 7.66. The van der Waals surface area contributed by atoms with Gasteiger partial charge in [0.05, 0.1) is 0 Å². The summed E-state index contributed by atoms with van der Waals surface area (Å²) in [4.78, 5) is 0. The Morgan fingerprint density at radius 3 is 2.40 bits per heavy atom. The van der Waals surface area contributed by atoms with Crippen LogP contribution in [0.5, 0.6) is 0 Å². The summed E-state index contributed by atoms with van der Waals surface area (Å²) in [5, 5.41) is 0. The molecule has 0 spiro atoms. The molecule has 0 unspecified atom stereocenters. The molecule has 10 heavy (non-hydrogen) atoms. The predicted octanol–water partition coefficient (Wildman–Crippen LogP) is 3.79. The molecule has 0 aliphatic heterocycles. The van der Waals surface area contributed by atoms with Crippen molar-refractivity contribution in [2.24, 2.45) is 0 Å². The van der Waals surface area contributed by atoms with Gasteiger partial charge in [0.25, 0.3) is 0 Å². The lowest BCUT2D eigenvalue weighted by Gasteiger charge is -1.97. The van der Waals surface area contributed by atoms with Gasteiger partial charge in [-0.2, -0.15) is 0 Å². The lowest BCUT2D eigenvalue weighted by atomic mass is 10.1. The molecule has 0 nitrogen and oxygen atoms in total. The summed E-state index contributed by atoms with van der Waals surface area (Å²) >= 11 is 5.49. The van der Waals surface area contributed by atoms with E-state index in [-0.39, 0.29) is 0 Å². The van der Waals surface area contributed by atoms with Crippen molar-refractivity contribution < 1.29 is 0 Å². The van der Waals surface area contributed by atoms with Gasteiger partial charge < -0.3 is 0 Å². The van der Waals surface area contributed by atoms with E-state index in [1.807, 2.05) is 0 Å². The monoisotopic (exact) mass is 161 g/mol. The number of hydrogen-bond acceptors (Lipinski definition) is 0. The third-order valence-corrected chi connectivity index (χ3v) is 1.84. The second kappa shape index (κ2) is 9.29. The molecule has 0 aromatic heterocycles. The molecule has 0 aliphatic carbocycles. The smallest absolute Gasteiger partial charge is 0.0254 e. The molecule has 61 valence electrons. The van der Waals surface area contributed by atoms with Gasteiger partial charge in [-0.05, 0) is 12.8 Å². The van der Waals surface area contributed by atoms with E-state index in [0.717, 1.165) is 0 Å². The summed E-state index contributed by atoms with van der Waals surface area (Å²) in [6, 6.07) is 0. The first kappa shape index (κ1) is 10.3. The van der Waals surface area contributed by atoms with E-state index < -0.39 is 0 Å². The first-order chi connectivity index (χ1) is 4.91. The first-order valence-corrected chi connectivity index (χ1v) is 4.83. The van der Waals surface area contributed by atoms with Gasteiger partial charge in [0.1, 0.15) is 0 Å². The van der Waals surface area contributed by atoms with Crippen LogP contribution in [-0.2, 0) is 0 Å². The summed E-state index contributed by atoms with van der Waals surface area (Å²) in [5.41, 5.74) is 0. The lowest BCUT2D eigenvalue weighted by Crippen LogP contribution is -1.80. The minimum absolute atomic E-state index is 0.716. The average molecular weight is 162 g/mol. The first-order valence-electron chi connectivity index (χ1n) is 4.29. The Bertz CT molecular complexity index is 44.7. The van der Waals surface area contributed by atoms with Gasteiger partial charge in [0, 0.05) is 5.88 Å². The van der Waals surface area contributed by atoms with Crippen LogP contribution in [0.1, 0.15) is 45.4 Å². The highest BCUT2D eigenvalue weighted by molar-refractivity contribution is 6.18. The van der Waals surface area contributed by atoms with Crippen molar-refractivity contribution in [3.63, 3.8) is 0 Å². The normalized spacial score (nSPS) is 10.2. The second-order valence-electron chi connectivity index (χ2n) is 2.65. The van der Waals surface area contributed by atoms with E-state index in [9.17, 15) is 0 Å². The predicted molar refractivity (Wildman–Crippen MR) is 48.4 cm³/mol. The van der Waals surface area contributed by atoms with Gasteiger partial charge in [0.15, 0.2) is 0 Å². The number of rotatable bonds is 7. The van der Waals surface area contributed by atoms with Crippen molar-refractivity contribution in [1.29, 1.82) is 0 Å². The van der Waals surface area contributed by atoms with Crippen LogP contribution in [-0.4, -0.2) is 5.88 Å². The Hall–Kier alpha value is 0.290. The van der Waals surface area contributed by atoms with E-state index in [4.69, 9.17) is 11.6 Å². The molecule has 0 N–H and O–H groups in total. The van der Waals surface area contributed by atoms with Crippen molar-refractivity contribution in [3.05, 3.63) is 6.42 Å². The maximum Gasteiger partial charge on any atom is 0.0254 e. The van der Waals surface area contributed by atoms with Crippen LogP contribution in [0, 0.1) is 6.42 Å². The van der Waals surface area contributed by atoms with Gasteiger partial charge in [-0.25, -0.2) is 0 Å². The van der Waals surface area contributed by atoms with Crippen molar-refractivity contribution in [3.8, 4) is 0 Å². The Balaban J connectivity index is 2.65. The zero-order valence-corrected chi connectivity index (χ0v) is 7.66. The fourth-order valence-corrected chi connectivity index (χ4v) is 1.12. The van der Waals surface area contributed by atoms with Crippen molar-refractivity contribution >= 4 is 11.6 Å². The second-order valence-corrected chi connectivity index (χ2v) is 2.95. The molecule has 0 heterocycles. The summed E-state index contributed by atoms with van der Waals surface area (Å²) in [5.74, 6) is 0.716. The number of hydrogen-bond donors (Lipinski definition) is 0. The molecule has 0 saturated heterocycles. The largest absolute Gasteiger partial charge is 0.126 e. The molecule has 0 aliphatic rings. The molecule has 0 atom stereocenters. The zero-order valence-electron chi connectivity index (χ0n) is 6.91. The van der Waals surface area contributed by atoms with Crippen LogP contribution in [0.3, 0.4) is 0 Å². The van der Waals surface area contributed by atoms with Crippen molar-refractivity contribution in [2.45, 2.75) is 45.4 Å². The molecule has 0 fully saturated rings.